The molecule has 0 spiro atoms. The SMILES string of the molecule is C[C@]1(O)[C@H](n2ccc(=O)[nH]c2=O)O[C@@](C)(CN)[C@H]1O. The van der Waals surface area contributed by atoms with E-state index >= 15 is 0 Å². The zero-order valence-corrected chi connectivity index (χ0v) is 10.7. The highest BCUT2D eigenvalue weighted by atomic mass is 16.6. The topological polar surface area (TPSA) is 131 Å². The van der Waals surface area contributed by atoms with E-state index in [-0.39, 0.29) is 6.54 Å². The molecule has 0 bridgehead atoms. The highest BCUT2D eigenvalue weighted by Gasteiger charge is 2.59. The van der Waals surface area contributed by atoms with Crippen LogP contribution in [0.1, 0.15) is 20.1 Å². The fourth-order valence-electron chi connectivity index (χ4n) is 2.30. The molecule has 0 unspecified atom stereocenters. The van der Waals surface area contributed by atoms with Gasteiger partial charge in [-0.15, -0.1) is 0 Å². The Hall–Kier alpha value is -1.48. The number of aliphatic hydroxyl groups is 2. The van der Waals surface area contributed by atoms with Gasteiger partial charge in [0.05, 0.1) is 0 Å². The number of hydrogen-bond acceptors (Lipinski definition) is 6. The zero-order chi connectivity index (χ0) is 14.4. The summed E-state index contributed by atoms with van der Waals surface area (Å²) in [5.41, 5.74) is 1.37. The standard InChI is InChI=1S/C11H17N3O5/c1-10(5-12)7(16)11(2,18)8(19-10)14-4-3-6(15)13-9(14)17/h3-4,7-8,16,18H,5,12H2,1-2H3,(H,13,15,17)/t7-,8-,10+,11-/m1/s1. The molecule has 1 aliphatic heterocycles. The van der Waals surface area contributed by atoms with Gasteiger partial charge in [-0.2, -0.15) is 0 Å². The van der Waals surface area contributed by atoms with E-state index in [2.05, 4.69) is 4.98 Å². The van der Waals surface area contributed by atoms with Crippen molar-refractivity contribution in [1.29, 1.82) is 0 Å². The summed E-state index contributed by atoms with van der Waals surface area (Å²) in [7, 11) is 0. The van der Waals surface area contributed by atoms with Crippen molar-refractivity contribution >= 4 is 0 Å². The van der Waals surface area contributed by atoms with Gasteiger partial charge in [-0.25, -0.2) is 4.79 Å². The van der Waals surface area contributed by atoms with Crippen LogP contribution in [-0.4, -0.2) is 43.6 Å². The summed E-state index contributed by atoms with van der Waals surface area (Å²) in [5, 5.41) is 20.5. The summed E-state index contributed by atoms with van der Waals surface area (Å²) < 4.78 is 6.57. The molecule has 0 aliphatic carbocycles. The van der Waals surface area contributed by atoms with Crippen LogP contribution in [-0.2, 0) is 4.74 Å². The van der Waals surface area contributed by atoms with Gasteiger partial charge in [0.25, 0.3) is 5.56 Å². The van der Waals surface area contributed by atoms with Gasteiger partial charge >= 0.3 is 5.69 Å². The lowest BCUT2D eigenvalue weighted by molar-refractivity contribution is -0.106. The third-order valence-electron chi connectivity index (χ3n) is 3.52. The summed E-state index contributed by atoms with van der Waals surface area (Å²) in [4.78, 5) is 24.8. The second-order valence-corrected chi connectivity index (χ2v) is 5.13. The van der Waals surface area contributed by atoms with Crippen LogP contribution in [0.5, 0.6) is 0 Å². The molecule has 0 radical (unpaired) electrons. The first-order valence-corrected chi connectivity index (χ1v) is 5.82. The lowest BCUT2D eigenvalue weighted by atomic mass is 9.88. The normalized spacial score (nSPS) is 38.6. The molecule has 2 heterocycles. The minimum absolute atomic E-state index is 0.0288. The largest absolute Gasteiger partial charge is 0.387 e. The van der Waals surface area contributed by atoms with Crippen molar-refractivity contribution in [2.75, 3.05) is 6.54 Å². The molecule has 0 saturated carbocycles. The van der Waals surface area contributed by atoms with E-state index in [0.29, 0.717) is 0 Å². The molecule has 19 heavy (non-hydrogen) atoms. The molecule has 106 valence electrons. The number of aromatic amines is 1. The van der Waals surface area contributed by atoms with Crippen LogP contribution in [0.25, 0.3) is 0 Å². The molecule has 0 aromatic carbocycles. The van der Waals surface area contributed by atoms with E-state index in [4.69, 9.17) is 10.5 Å². The van der Waals surface area contributed by atoms with Crippen LogP contribution in [0.4, 0.5) is 0 Å². The van der Waals surface area contributed by atoms with E-state index in [1.54, 1.807) is 6.92 Å². The first-order valence-electron chi connectivity index (χ1n) is 5.82. The van der Waals surface area contributed by atoms with Crippen molar-refractivity contribution in [3.63, 3.8) is 0 Å². The predicted octanol–water partition coefficient (Wildman–Crippen LogP) is -2.11. The Bertz CT molecular complexity index is 592. The van der Waals surface area contributed by atoms with E-state index in [1.165, 1.54) is 13.1 Å². The maximum Gasteiger partial charge on any atom is 0.330 e. The minimum Gasteiger partial charge on any atom is -0.387 e. The predicted molar refractivity (Wildman–Crippen MR) is 65.5 cm³/mol. The van der Waals surface area contributed by atoms with Crippen LogP contribution in [0.3, 0.4) is 0 Å². The first kappa shape index (κ1) is 13.9. The maximum atomic E-state index is 11.7. The minimum atomic E-state index is -1.71. The van der Waals surface area contributed by atoms with Crippen LogP contribution in [0, 0.1) is 0 Å². The van der Waals surface area contributed by atoms with E-state index < -0.39 is 34.8 Å². The lowest BCUT2D eigenvalue weighted by Gasteiger charge is -2.29. The van der Waals surface area contributed by atoms with Gasteiger partial charge in [0.2, 0.25) is 0 Å². The number of nitrogens with zero attached hydrogens (tertiary/aromatic N) is 1. The molecule has 8 heteroatoms. The number of rotatable bonds is 2. The van der Waals surface area contributed by atoms with Gasteiger partial charge in [0, 0.05) is 18.8 Å². The molecule has 1 fully saturated rings. The molecule has 0 amide bonds. The number of hydrogen-bond donors (Lipinski definition) is 4. The van der Waals surface area contributed by atoms with Crippen molar-refractivity contribution in [1.82, 2.24) is 9.55 Å². The zero-order valence-electron chi connectivity index (χ0n) is 10.7. The highest BCUT2D eigenvalue weighted by molar-refractivity contribution is 5.07. The van der Waals surface area contributed by atoms with E-state index in [0.717, 1.165) is 10.6 Å². The van der Waals surface area contributed by atoms with Crippen LogP contribution in [0.2, 0.25) is 0 Å². The number of nitrogens with one attached hydrogen (secondary N) is 1. The summed E-state index contributed by atoms with van der Waals surface area (Å²) in [6.07, 6.45) is -1.20. The fraction of sp³-hybridized carbons (Fsp3) is 0.636. The van der Waals surface area contributed by atoms with Crippen molar-refractivity contribution < 1.29 is 14.9 Å². The average molecular weight is 271 g/mol. The van der Waals surface area contributed by atoms with Crippen LogP contribution >= 0.6 is 0 Å². The molecule has 1 aromatic rings. The second kappa shape index (κ2) is 4.27. The Morgan fingerprint density at radius 2 is 2.16 bits per heavy atom. The quantitative estimate of drug-likeness (QED) is 0.487. The molecular formula is C11H17N3O5. The first-order chi connectivity index (χ1) is 8.72. The Kier molecular flexibility index (Phi) is 3.13. The molecular weight excluding hydrogens is 254 g/mol. The molecule has 1 saturated heterocycles. The van der Waals surface area contributed by atoms with Crippen LogP contribution < -0.4 is 17.0 Å². The smallest absolute Gasteiger partial charge is 0.330 e. The van der Waals surface area contributed by atoms with Gasteiger partial charge in [-0.1, -0.05) is 0 Å². The Labute approximate surface area is 108 Å². The molecule has 5 N–H and O–H groups in total. The number of ether oxygens (including phenoxy) is 1. The van der Waals surface area contributed by atoms with E-state index in [1.807, 2.05) is 0 Å². The Morgan fingerprint density at radius 3 is 2.63 bits per heavy atom. The molecule has 2 rings (SSSR count). The Morgan fingerprint density at radius 1 is 1.53 bits per heavy atom. The third-order valence-corrected chi connectivity index (χ3v) is 3.52. The van der Waals surface area contributed by atoms with Crippen molar-refractivity contribution in [2.24, 2.45) is 5.73 Å². The molecule has 4 atom stereocenters. The van der Waals surface area contributed by atoms with Gasteiger partial charge in [0.1, 0.15) is 17.3 Å². The Balaban J connectivity index is 2.51. The summed E-state index contributed by atoms with van der Waals surface area (Å²) in [6.45, 7) is 2.86. The number of H-pyrrole nitrogens is 1. The van der Waals surface area contributed by atoms with Gasteiger partial charge in [-0.05, 0) is 13.8 Å². The fourth-order valence-corrected chi connectivity index (χ4v) is 2.30. The monoisotopic (exact) mass is 271 g/mol. The van der Waals surface area contributed by atoms with Gasteiger partial charge in [0.15, 0.2) is 6.23 Å². The molecule has 1 aliphatic rings. The number of nitrogens with two attached hydrogens (primary N) is 1. The molecule has 1 aromatic heterocycles. The van der Waals surface area contributed by atoms with Crippen molar-refractivity contribution in [2.45, 2.75) is 37.4 Å². The third kappa shape index (κ3) is 2.02. The van der Waals surface area contributed by atoms with Gasteiger partial charge in [-0.3, -0.25) is 14.3 Å². The lowest BCUT2D eigenvalue weighted by Crippen LogP contribution is -2.51. The number of aliphatic hydroxyl groups excluding tert-OH is 1. The molecule has 8 nitrogen and oxygen atoms in total. The summed E-state index contributed by atoms with van der Waals surface area (Å²) in [6, 6.07) is 1.13. The van der Waals surface area contributed by atoms with Gasteiger partial charge < -0.3 is 20.7 Å². The number of aromatic nitrogens is 2. The summed E-state index contributed by atoms with van der Waals surface area (Å²) in [5.74, 6) is 0. The van der Waals surface area contributed by atoms with Crippen LogP contribution in [0.15, 0.2) is 21.9 Å². The van der Waals surface area contributed by atoms with E-state index in [9.17, 15) is 19.8 Å². The maximum absolute atomic E-state index is 11.7. The second-order valence-electron chi connectivity index (χ2n) is 5.13. The highest BCUT2D eigenvalue weighted by Crippen LogP contribution is 2.42. The van der Waals surface area contributed by atoms with Crippen molar-refractivity contribution in [3.05, 3.63) is 33.1 Å². The van der Waals surface area contributed by atoms with Crippen molar-refractivity contribution in [3.8, 4) is 0 Å². The average Bonchev–Trinajstić information content (AvgIpc) is 2.51. The summed E-state index contributed by atoms with van der Waals surface area (Å²) >= 11 is 0.